The highest BCUT2D eigenvalue weighted by atomic mass is 19.1. The van der Waals surface area contributed by atoms with Crippen LogP contribution in [0.15, 0.2) is 36.4 Å². The van der Waals surface area contributed by atoms with Gasteiger partial charge in [-0.3, -0.25) is 4.90 Å². The Morgan fingerprint density at radius 2 is 1.86 bits per heavy atom. The molecule has 200 valence electrons. The fourth-order valence-corrected chi connectivity index (χ4v) is 4.68. The van der Waals surface area contributed by atoms with E-state index in [2.05, 4.69) is 25.3 Å². The topological polar surface area (TPSA) is 72.0 Å². The van der Waals surface area contributed by atoms with Gasteiger partial charge < -0.3 is 24.4 Å². The minimum absolute atomic E-state index is 0.280. The number of halogens is 1. The molecule has 0 bridgehead atoms. The number of methoxy groups -OCH3 is 2. The van der Waals surface area contributed by atoms with Crippen LogP contribution in [-0.4, -0.2) is 80.6 Å². The highest BCUT2D eigenvalue weighted by Crippen LogP contribution is 2.29. The predicted molar refractivity (Wildman–Crippen MR) is 144 cm³/mol. The lowest BCUT2D eigenvalue weighted by Crippen LogP contribution is -2.38. The average molecular weight is 512 g/mol. The number of nitrogens with one attached hydrogen (secondary N) is 1. The first kappa shape index (κ1) is 27.0. The molecule has 4 rings (SSSR count). The molecule has 2 heterocycles. The molecule has 0 saturated carbocycles. The van der Waals surface area contributed by atoms with E-state index >= 15 is 0 Å². The van der Waals surface area contributed by atoms with Crippen LogP contribution in [0.3, 0.4) is 0 Å². The summed E-state index contributed by atoms with van der Waals surface area (Å²) < 4.78 is 30.9. The van der Waals surface area contributed by atoms with Crippen LogP contribution in [0.4, 0.5) is 10.2 Å². The van der Waals surface area contributed by atoms with Crippen molar-refractivity contribution in [3.8, 4) is 11.5 Å². The third kappa shape index (κ3) is 7.28. The van der Waals surface area contributed by atoms with Crippen molar-refractivity contribution in [1.29, 1.82) is 0 Å². The maximum Gasteiger partial charge on any atom is 0.165 e. The molecular formula is C28H38FN5O3. The van der Waals surface area contributed by atoms with E-state index in [4.69, 9.17) is 14.2 Å². The highest BCUT2D eigenvalue weighted by Gasteiger charge is 2.21. The Morgan fingerprint density at radius 1 is 1.05 bits per heavy atom. The number of benzene rings is 2. The quantitative estimate of drug-likeness (QED) is 0.360. The van der Waals surface area contributed by atoms with Gasteiger partial charge in [-0.1, -0.05) is 6.07 Å². The summed E-state index contributed by atoms with van der Waals surface area (Å²) in [5.74, 6) is 1.57. The van der Waals surface area contributed by atoms with E-state index in [0.717, 1.165) is 79.0 Å². The fourth-order valence-electron chi connectivity index (χ4n) is 4.68. The third-order valence-electron chi connectivity index (χ3n) is 6.68. The molecule has 0 radical (unpaired) electrons. The maximum absolute atomic E-state index is 14.6. The second-order valence-corrected chi connectivity index (χ2v) is 9.80. The number of ether oxygens (including phenoxy) is 3. The van der Waals surface area contributed by atoms with E-state index in [-0.39, 0.29) is 11.9 Å². The standard InChI is InChI=1S/C28H38FN5O3/c1-33(2)12-5-15-37-27-9-6-20(16-25(27)29)18-34-13-10-21(11-14-34)30-28-24-17-22(36-4)7-8-23(24)26(19-35-3)31-32-28/h6-9,16-17,21H,5,10-15,18-19H2,1-4H3,(H,30,32). The second kappa shape index (κ2) is 13.0. The van der Waals surface area contributed by atoms with Crippen molar-refractivity contribution in [3.05, 3.63) is 53.5 Å². The Balaban J connectivity index is 1.32. The summed E-state index contributed by atoms with van der Waals surface area (Å²) in [7, 11) is 7.35. The van der Waals surface area contributed by atoms with E-state index in [9.17, 15) is 4.39 Å². The van der Waals surface area contributed by atoms with Gasteiger partial charge in [0.05, 0.1) is 26.0 Å². The molecule has 0 amide bonds. The first-order chi connectivity index (χ1) is 18.0. The first-order valence-corrected chi connectivity index (χ1v) is 12.8. The molecule has 2 aromatic carbocycles. The monoisotopic (exact) mass is 511 g/mol. The van der Waals surface area contributed by atoms with Crippen molar-refractivity contribution in [2.75, 3.05) is 59.9 Å². The van der Waals surface area contributed by atoms with Crippen molar-refractivity contribution in [3.63, 3.8) is 0 Å². The molecule has 1 aromatic heterocycles. The van der Waals surface area contributed by atoms with Gasteiger partial charge in [0.15, 0.2) is 17.4 Å². The van der Waals surface area contributed by atoms with Gasteiger partial charge in [-0.05, 0) is 69.3 Å². The fraction of sp³-hybridized carbons (Fsp3) is 0.500. The molecule has 0 spiro atoms. The Morgan fingerprint density at radius 3 is 2.57 bits per heavy atom. The van der Waals surface area contributed by atoms with Crippen LogP contribution in [0.2, 0.25) is 0 Å². The Labute approximate surface area is 218 Å². The number of rotatable bonds is 12. The van der Waals surface area contributed by atoms with Crippen LogP contribution in [0.5, 0.6) is 11.5 Å². The van der Waals surface area contributed by atoms with Crippen LogP contribution >= 0.6 is 0 Å². The Hall–Kier alpha value is -3.01. The minimum Gasteiger partial charge on any atom is -0.497 e. The normalized spacial score (nSPS) is 14.9. The largest absolute Gasteiger partial charge is 0.497 e. The van der Waals surface area contributed by atoms with E-state index in [1.807, 2.05) is 38.4 Å². The zero-order valence-electron chi connectivity index (χ0n) is 22.3. The molecule has 9 heteroatoms. The summed E-state index contributed by atoms with van der Waals surface area (Å²) >= 11 is 0. The molecular weight excluding hydrogens is 473 g/mol. The van der Waals surface area contributed by atoms with Gasteiger partial charge in [0, 0.05) is 50.1 Å². The number of fused-ring (bicyclic) bond motifs is 1. The minimum atomic E-state index is -0.295. The lowest BCUT2D eigenvalue weighted by atomic mass is 10.0. The first-order valence-electron chi connectivity index (χ1n) is 12.8. The highest BCUT2D eigenvalue weighted by molar-refractivity contribution is 5.94. The van der Waals surface area contributed by atoms with Gasteiger partial charge in [-0.25, -0.2) is 4.39 Å². The van der Waals surface area contributed by atoms with Gasteiger partial charge in [0.2, 0.25) is 0 Å². The molecule has 0 unspecified atom stereocenters. The molecule has 8 nitrogen and oxygen atoms in total. The van der Waals surface area contributed by atoms with E-state index < -0.39 is 0 Å². The summed E-state index contributed by atoms with van der Waals surface area (Å²) in [6, 6.07) is 11.5. The van der Waals surface area contributed by atoms with Crippen molar-refractivity contribution >= 4 is 16.6 Å². The summed E-state index contributed by atoms with van der Waals surface area (Å²) in [6.45, 7) is 4.38. The summed E-state index contributed by atoms with van der Waals surface area (Å²) in [6.07, 6.45) is 2.79. The molecule has 1 aliphatic heterocycles. The van der Waals surface area contributed by atoms with Gasteiger partial charge in [0.1, 0.15) is 5.75 Å². The number of aromatic nitrogens is 2. The van der Waals surface area contributed by atoms with E-state index in [0.29, 0.717) is 19.0 Å². The Kier molecular flexibility index (Phi) is 9.49. The number of nitrogens with zero attached hydrogens (tertiary/aromatic N) is 4. The number of likely N-dealkylation sites (tertiary alicyclic amines) is 1. The molecule has 1 fully saturated rings. The number of anilines is 1. The Bertz CT molecular complexity index is 1170. The van der Waals surface area contributed by atoms with Crippen LogP contribution in [-0.2, 0) is 17.9 Å². The molecule has 0 aliphatic carbocycles. The molecule has 37 heavy (non-hydrogen) atoms. The smallest absolute Gasteiger partial charge is 0.165 e. The third-order valence-corrected chi connectivity index (χ3v) is 6.68. The lowest BCUT2D eigenvalue weighted by molar-refractivity contribution is 0.182. The van der Waals surface area contributed by atoms with E-state index in [1.54, 1.807) is 26.4 Å². The SMILES string of the molecule is COCc1nnc(NC2CCN(Cc3ccc(OCCCN(C)C)c(F)c3)CC2)c2cc(OC)ccc12. The van der Waals surface area contributed by atoms with Crippen molar-refractivity contribution in [2.45, 2.75) is 38.5 Å². The molecule has 0 atom stereocenters. The maximum atomic E-state index is 14.6. The summed E-state index contributed by atoms with van der Waals surface area (Å²) in [4.78, 5) is 4.45. The predicted octanol–water partition coefficient (Wildman–Crippen LogP) is 4.33. The lowest BCUT2D eigenvalue weighted by Gasteiger charge is -2.32. The van der Waals surface area contributed by atoms with Crippen LogP contribution in [0.25, 0.3) is 10.8 Å². The van der Waals surface area contributed by atoms with Crippen LogP contribution in [0, 0.1) is 5.82 Å². The van der Waals surface area contributed by atoms with Gasteiger partial charge >= 0.3 is 0 Å². The molecule has 3 aromatic rings. The average Bonchev–Trinajstić information content (AvgIpc) is 2.90. The van der Waals surface area contributed by atoms with Gasteiger partial charge in [-0.2, -0.15) is 5.10 Å². The van der Waals surface area contributed by atoms with Crippen molar-refractivity contribution < 1.29 is 18.6 Å². The second-order valence-electron chi connectivity index (χ2n) is 9.80. The number of hydrogen-bond acceptors (Lipinski definition) is 8. The molecule has 1 saturated heterocycles. The number of piperidine rings is 1. The molecule has 1 N–H and O–H groups in total. The van der Waals surface area contributed by atoms with Crippen LogP contribution < -0.4 is 14.8 Å². The summed E-state index contributed by atoms with van der Waals surface area (Å²) in [5, 5.41) is 14.4. The van der Waals surface area contributed by atoms with E-state index in [1.165, 1.54) is 0 Å². The van der Waals surface area contributed by atoms with Crippen LogP contribution in [0.1, 0.15) is 30.5 Å². The number of hydrogen-bond donors (Lipinski definition) is 1. The zero-order chi connectivity index (χ0) is 26.2. The van der Waals surface area contributed by atoms with Crippen molar-refractivity contribution in [2.24, 2.45) is 0 Å². The van der Waals surface area contributed by atoms with Gasteiger partial charge in [-0.15, -0.1) is 5.10 Å². The summed E-state index contributed by atoms with van der Waals surface area (Å²) in [5.41, 5.74) is 1.76. The zero-order valence-corrected chi connectivity index (χ0v) is 22.3. The van der Waals surface area contributed by atoms with Gasteiger partial charge in [0.25, 0.3) is 0 Å². The molecule has 1 aliphatic rings. The van der Waals surface area contributed by atoms with Crippen molar-refractivity contribution in [1.82, 2.24) is 20.0 Å².